The number of nitrogens with zero attached hydrogens (tertiary/aromatic N) is 1. The summed E-state index contributed by atoms with van der Waals surface area (Å²) < 4.78 is 0. The molecule has 0 atom stereocenters. The molecule has 0 aliphatic carbocycles. The van der Waals surface area contributed by atoms with Crippen molar-refractivity contribution in [1.82, 2.24) is 5.32 Å². The second kappa shape index (κ2) is 6.71. The highest BCUT2D eigenvalue weighted by Crippen LogP contribution is 2.27. The van der Waals surface area contributed by atoms with E-state index in [0.29, 0.717) is 19.4 Å². The van der Waals surface area contributed by atoms with Crippen molar-refractivity contribution >= 4 is 23.4 Å². The van der Waals surface area contributed by atoms with Gasteiger partial charge in [0.2, 0.25) is 0 Å². The van der Waals surface area contributed by atoms with Crippen molar-refractivity contribution in [2.45, 2.75) is 31.9 Å². The van der Waals surface area contributed by atoms with Crippen LogP contribution in [0.2, 0.25) is 0 Å². The number of benzene rings is 1. The number of aryl methyl sites for hydroxylation is 1. The Bertz CT molecular complexity index is 511. The molecule has 0 spiro atoms. The molecule has 0 saturated carbocycles. The third-order valence-electron chi connectivity index (χ3n) is 3.94. The molecule has 5 heteroatoms. The van der Waals surface area contributed by atoms with Crippen molar-refractivity contribution in [1.29, 1.82) is 0 Å². The smallest absolute Gasteiger partial charge is 0.252 e. The maximum atomic E-state index is 12.2. The van der Waals surface area contributed by atoms with Crippen molar-refractivity contribution in [3.05, 3.63) is 29.3 Å². The van der Waals surface area contributed by atoms with E-state index in [9.17, 15) is 9.90 Å². The molecule has 1 fully saturated rings. The molecule has 21 heavy (non-hydrogen) atoms. The molecule has 1 heterocycles. The third kappa shape index (κ3) is 3.92. The van der Waals surface area contributed by atoms with E-state index in [0.717, 1.165) is 17.1 Å². The quantitative estimate of drug-likeness (QED) is 0.892. The van der Waals surface area contributed by atoms with Crippen LogP contribution >= 0.6 is 11.8 Å². The Kier molecular flexibility index (Phi) is 5.17. The third-order valence-corrected chi connectivity index (χ3v) is 4.92. The Morgan fingerprint density at radius 3 is 2.62 bits per heavy atom. The number of carbonyl (C=O) groups excluding carboxylic acids is 1. The van der Waals surface area contributed by atoms with Crippen molar-refractivity contribution in [2.24, 2.45) is 0 Å². The van der Waals surface area contributed by atoms with E-state index < -0.39 is 5.60 Å². The van der Waals surface area contributed by atoms with Gasteiger partial charge in [-0.25, -0.2) is 0 Å². The largest absolute Gasteiger partial charge is 0.380 e. The molecule has 1 amide bonds. The van der Waals surface area contributed by atoms with Crippen molar-refractivity contribution in [3.8, 4) is 0 Å². The summed E-state index contributed by atoms with van der Waals surface area (Å²) >= 11 is 1.79. The number of hydrogen-bond acceptors (Lipinski definition) is 4. The van der Waals surface area contributed by atoms with Gasteiger partial charge in [0.05, 0.1) is 0 Å². The van der Waals surface area contributed by atoms with Crippen LogP contribution in [-0.2, 0) is 11.3 Å². The molecule has 0 radical (unpaired) electrons. The first-order valence-electron chi connectivity index (χ1n) is 7.28. The fourth-order valence-corrected chi connectivity index (χ4v) is 3.78. The summed E-state index contributed by atoms with van der Waals surface area (Å²) in [6.07, 6.45) is 1.09. The predicted octanol–water partition coefficient (Wildman–Crippen LogP) is 1.94. The van der Waals surface area contributed by atoms with E-state index in [1.54, 1.807) is 11.8 Å². The molecule has 0 aromatic heterocycles. The van der Waals surface area contributed by atoms with Gasteiger partial charge in [0.15, 0.2) is 0 Å². The zero-order chi connectivity index (χ0) is 15.5. The number of anilines is 1. The molecule has 1 aliphatic heterocycles. The second-order valence-corrected chi connectivity index (χ2v) is 7.07. The van der Waals surface area contributed by atoms with Gasteiger partial charge >= 0.3 is 0 Å². The lowest BCUT2D eigenvalue weighted by Crippen LogP contribution is -2.48. The summed E-state index contributed by atoms with van der Waals surface area (Å²) in [5.41, 5.74) is 2.23. The highest BCUT2D eigenvalue weighted by molar-refractivity contribution is 7.99. The molecule has 1 saturated heterocycles. The molecule has 2 rings (SSSR count). The SMILES string of the molecule is Cc1cc(CNC(=O)C2(O)CCSCC2)ccc1N(C)C. The summed E-state index contributed by atoms with van der Waals surface area (Å²) in [5.74, 6) is 1.46. The molecule has 2 N–H and O–H groups in total. The van der Waals surface area contributed by atoms with Gasteiger partial charge in [0.25, 0.3) is 5.91 Å². The van der Waals surface area contributed by atoms with Gasteiger partial charge in [-0.15, -0.1) is 0 Å². The Hall–Kier alpha value is -1.20. The van der Waals surface area contributed by atoms with Crippen LogP contribution in [0.3, 0.4) is 0 Å². The van der Waals surface area contributed by atoms with Gasteiger partial charge < -0.3 is 15.3 Å². The van der Waals surface area contributed by atoms with Gasteiger partial charge in [-0.2, -0.15) is 11.8 Å². The monoisotopic (exact) mass is 308 g/mol. The average molecular weight is 308 g/mol. The lowest BCUT2D eigenvalue weighted by Gasteiger charge is -2.30. The fraction of sp³-hybridized carbons (Fsp3) is 0.562. The number of hydrogen-bond donors (Lipinski definition) is 2. The average Bonchev–Trinajstić information content (AvgIpc) is 2.45. The highest BCUT2D eigenvalue weighted by Gasteiger charge is 2.37. The normalized spacial score (nSPS) is 17.3. The van der Waals surface area contributed by atoms with Crippen molar-refractivity contribution in [2.75, 3.05) is 30.5 Å². The minimum Gasteiger partial charge on any atom is -0.380 e. The molecule has 1 aromatic carbocycles. The van der Waals surface area contributed by atoms with Crippen molar-refractivity contribution in [3.63, 3.8) is 0 Å². The number of nitrogens with one attached hydrogen (secondary N) is 1. The van der Waals surface area contributed by atoms with Gasteiger partial charge in [-0.3, -0.25) is 4.79 Å². The molecule has 4 nitrogen and oxygen atoms in total. The van der Waals surface area contributed by atoms with Gasteiger partial charge in [0.1, 0.15) is 5.60 Å². The summed E-state index contributed by atoms with van der Waals surface area (Å²) in [6, 6.07) is 6.16. The highest BCUT2D eigenvalue weighted by atomic mass is 32.2. The second-order valence-electron chi connectivity index (χ2n) is 5.84. The minimum atomic E-state index is -1.18. The van der Waals surface area contributed by atoms with Gasteiger partial charge in [0, 0.05) is 26.3 Å². The van der Waals surface area contributed by atoms with Crippen LogP contribution in [0.5, 0.6) is 0 Å². The van der Waals surface area contributed by atoms with E-state index in [1.165, 1.54) is 11.3 Å². The summed E-state index contributed by atoms with van der Waals surface area (Å²) in [7, 11) is 4.03. The fourth-order valence-electron chi connectivity index (χ4n) is 2.61. The number of carbonyl (C=O) groups is 1. The van der Waals surface area contributed by atoms with Gasteiger partial charge in [-0.05, 0) is 48.5 Å². The Labute approximate surface area is 130 Å². The summed E-state index contributed by atoms with van der Waals surface area (Å²) in [5, 5.41) is 13.2. The maximum Gasteiger partial charge on any atom is 0.252 e. The maximum absolute atomic E-state index is 12.2. The first-order valence-corrected chi connectivity index (χ1v) is 8.43. The van der Waals surface area contributed by atoms with E-state index in [1.807, 2.05) is 20.2 Å². The van der Waals surface area contributed by atoms with E-state index in [4.69, 9.17) is 0 Å². The molecule has 0 bridgehead atoms. The number of amides is 1. The van der Waals surface area contributed by atoms with E-state index >= 15 is 0 Å². The summed E-state index contributed by atoms with van der Waals surface area (Å²) in [6.45, 7) is 2.52. The lowest BCUT2D eigenvalue weighted by atomic mass is 9.95. The van der Waals surface area contributed by atoms with E-state index in [-0.39, 0.29) is 5.91 Å². The van der Waals surface area contributed by atoms with Crippen LogP contribution in [-0.4, -0.2) is 42.2 Å². The van der Waals surface area contributed by atoms with Crippen LogP contribution in [0.25, 0.3) is 0 Å². The standard InChI is InChI=1S/C16H24N2O2S/c1-12-10-13(4-5-14(12)18(2)3)11-17-15(19)16(20)6-8-21-9-7-16/h4-5,10,20H,6-9,11H2,1-3H3,(H,17,19). The number of rotatable bonds is 4. The van der Waals surface area contributed by atoms with Crippen LogP contribution < -0.4 is 10.2 Å². The number of thioether (sulfide) groups is 1. The molecule has 1 aliphatic rings. The van der Waals surface area contributed by atoms with Crippen LogP contribution in [0, 0.1) is 6.92 Å². The molecule has 1 aromatic rings. The van der Waals surface area contributed by atoms with Crippen LogP contribution in [0.15, 0.2) is 18.2 Å². The molecular formula is C16H24N2O2S. The van der Waals surface area contributed by atoms with Gasteiger partial charge in [-0.1, -0.05) is 12.1 Å². The first-order chi connectivity index (χ1) is 9.92. The topological polar surface area (TPSA) is 52.6 Å². The Balaban J connectivity index is 1.96. The zero-order valence-corrected chi connectivity index (χ0v) is 13.8. The predicted molar refractivity (Wildman–Crippen MR) is 88.9 cm³/mol. The zero-order valence-electron chi connectivity index (χ0n) is 13.0. The summed E-state index contributed by atoms with van der Waals surface area (Å²) in [4.78, 5) is 14.2. The van der Waals surface area contributed by atoms with Crippen molar-refractivity contribution < 1.29 is 9.90 Å². The molecular weight excluding hydrogens is 284 g/mol. The molecule has 116 valence electrons. The number of aliphatic hydroxyl groups is 1. The van der Waals surface area contributed by atoms with E-state index in [2.05, 4.69) is 29.3 Å². The lowest BCUT2D eigenvalue weighted by molar-refractivity contribution is -0.140. The molecule has 0 unspecified atom stereocenters. The minimum absolute atomic E-state index is 0.239. The Morgan fingerprint density at radius 2 is 2.05 bits per heavy atom. The Morgan fingerprint density at radius 1 is 1.38 bits per heavy atom. The first kappa shape index (κ1) is 16.2. The van der Waals surface area contributed by atoms with Crippen LogP contribution in [0.4, 0.5) is 5.69 Å². The van der Waals surface area contributed by atoms with Crippen LogP contribution in [0.1, 0.15) is 24.0 Å².